The maximum atomic E-state index is 11.4. The van der Waals surface area contributed by atoms with Gasteiger partial charge in [0.05, 0.1) is 19.8 Å². The zero-order chi connectivity index (χ0) is 28.7. The Hall–Kier alpha value is -1.71. The lowest BCUT2D eigenvalue weighted by Gasteiger charge is -2.25. The van der Waals surface area contributed by atoms with E-state index in [4.69, 9.17) is 14.2 Å². The lowest BCUT2D eigenvalue weighted by molar-refractivity contribution is -0.140. The summed E-state index contributed by atoms with van der Waals surface area (Å²) in [6.07, 6.45) is 14.0. The first kappa shape index (κ1) is 34.3. The summed E-state index contributed by atoms with van der Waals surface area (Å²) in [6.45, 7) is 20.8. The largest absolute Gasteiger partial charge is 0.493 e. The highest BCUT2D eigenvalue weighted by atomic mass is 16.5. The molecule has 0 bridgehead atoms. The van der Waals surface area contributed by atoms with Crippen LogP contribution in [-0.4, -0.2) is 25.8 Å². The molecule has 38 heavy (non-hydrogen) atoms. The Morgan fingerprint density at radius 2 is 1.24 bits per heavy atom. The molecule has 4 nitrogen and oxygen atoms in total. The van der Waals surface area contributed by atoms with Crippen LogP contribution in [-0.2, 0) is 16.0 Å². The number of benzene rings is 1. The normalized spacial score (nSPS) is 13.9. The van der Waals surface area contributed by atoms with E-state index >= 15 is 0 Å². The average Bonchev–Trinajstić information content (AvgIpc) is 2.86. The smallest absolute Gasteiger partial charge is 0.305 e. The molecule has 0 radical (unpaired) electrons. The number of esters is 1. The van der Waals surface area contributed by atoms with E-state index in [1.807, 2.05) is 0 Å². The fourth-order valence-electron chi connectivity index (χ4n) is 5.44. The summed E-state index contributed by atoms with van der Waals surface area (Å²) in [5.41, 5.74) is 4.69. The first-order valence-corrected chi connectivity index (χ1v) is 15.5. The lowest BCUT2D eigenvalue weighted by atomic mass is 9.91. The molecule has 0 aliphatic carbocycles. The summed E-state index contributed by atoms with van der Waals surface area (Å²) in [7, 11) is 1.42. The molecule has 220 valence electrons. The molecule has 3 atom stereocenters. The minimum absolute atomic E-state index is 0.192. The van der Waals surface area contributed by atoms with Crippen LogP contribution < -0.4 is 9.47 Å². The zero-order valence-corrected chi connectivity index (χ0v) is 26.6. The number of hydrogen-bond acceptors (Lipinski definition) is 4. The number of carbonyl (C=O) groups excluding carboxylic acids is 1. The highest BCUT2D eigenvalue weighted by Crippen LogP contribution is 2.39. The standard InChI is InChI=1S/C34H60O4/c1-11-31-30(9)33(37-23-15-22-32(35)36-10)28(7)29(8)34(31)38-27(6)21-14-20-26(5)19-13-18-25(4)17-12-16-24(2)3/h24-27H,11-23H2,1-10H3. The summed E-state index contributed by atoms with van der Waals surface area (Å²) >= 11 is 0. The Bertz CT molecular complexity index is 813. The van der Waals surface area contributed by atoms with Crippen molar-refractivity contribution in [1.82, 2.24) is 0 Å². The molecule has 0 aliphatic rings. The molecule has 0 aliphatic heterocycles. The SMILES string of the molecule is CCc1c(C)c(OCCCC(=O)OC)c(C)c(C)c1OC(C)CCCC(C)CCCC(C)CCCC(C)C. The van der Waals surface area contributed by atoms with Gasteiger partial charge in [0.25, 0.3) is 0 Å². The summed E-state index contributed by atoms with van der Waals surface area (Å²) in [5, 5.41) is 0. The Balaban J connectivity index is 2.54. The van der Waals surface area contributed by atoms with Crippen molar-refractivity contribution >= 4 is 5.97 Å². The molecule has 0 N–H and O–H groups in total. The van der Waals surface area contributed by atoms with Gasteiger partial charge in [-0.2, -0.15) is 0 Å². The third-order valence-corrected chi connectivity index (χ3v) is 8.16. The molecule has 0 saturated heterocycles. The van der Waals surface area contributed by atoms with Crippen LogP contribution in [0, 0.1) is 38.5 Å². The van der Waals surface area contributed by atoms with E-state index in [0.717, 1.165) is 58.8 Å². The van der Waals surface area contributed by atoms with Gasteiger partial charge >= 0.3 is 5.97 Å². The first-order valence-electron chi connectivity index (χ1n) is 15.5. The maximum absolute atomic E-state index is 11.4. The van der Waals surface area contributed by atoms with Crippen LogP contribution in [0.25, 0.3) is 0 Å². The number of hydrogen-bond donors (Lipinski definition) is 0. The quantitative estimate of drug-likeness (QED) is 0.124. The predicted octanol–water partition coefficient (Wildman–Crippen LogP) is 9.71. The number of carbonyl (C=O) groups is 1. The molecular weight excluding hydrogens is 472 g/mol. The van der Waals surface area contributed by atoms with Crippen LogP contribution in [0.15, 0.2) is 0 Å². The van der Waals surface area contributed by atoms with Gasteiger partial charge in [-0.1, -0.05) is 79.6 Å². The zero-order valence-electron chi connectivity index (χ0n) is 26.6. The van der Waals surface area contributed by atoms with Crippen LogP contribution in [0.3, 0.4) is 0 Å². The molecular formula is C34H60O4. The lowest BCUT2D eigenvalue weighted by Crippen LogP contribution is -2.16. The van der Waals surface area contributed by atoms with Crippen LogP contribution in [0.4, 0.5) is 0 Å². The summed E-state index contributed by atoms with van der Waals surface area (Å²) in [4.78, 5) is 11.4. The molecule has 0 spiro atoms. The summed E-state index contributed by atoms with van der Waals surface area (Å²) < 4.78 is 17.5. The van der Waals surface area contributed by atoms with Crippen LogP contribution in [0.2, 0.25) is 0 Å². The van der Waals surface area contributed by atoms with Gasteiger partial charge in [-0.3, -0.25) is 4.79 Å². The van der Waals surface area contributed by atoms with Crippen LogP contribution >= 0.6 is 0 Å². The Morgan fingerprint density at radius 1 is 0.711 bits per heavy atom. The number of ether oxygens (including phenoxy) is 3. The molecule has 4 heteroatoms. The Kier molecular flexibility index (Phi) is 16.8. The van der Waals surface area contributed by atoms with Crippen molar-refractivity contribution in [2.75, 3.05) is 13.7 Å². The number of methoxy groups -OCH3 is 1. The topological polar surface area (TPSA) is 44.8 Å². The monoisotopic (exact) mass is 532 g/mol. The summed E-state index contributed by atoms with van der Waals surface area (Å²) in [5.74, 6) is 4.28. The third kappa shape index (κ3) is 12.4. The highest BCUT2D eigenvalue weighted by Gasteiger charge is 2.20. The van der Waals surface area contributed by atoms with Crippen molar-refractivity contribution in [2.24, 2.45) is 17.8 Å². The van der Waals surface area contributed by atoms with Gasteiger partial charge in [0.15, 0.2) is 0 Å². The molecule has 0 amide bonds. The number of rotatable bonds is 20. The molecule has 3 unspecified atom stereocenters. The van der Waals surface area contributed by atoms with Gasteiger partial charge in [-0.05, 0) is 87.8 Å². The van der Waals surface area contributed by atoms with E-state index in [0.29, 0.717) is 19.4 Å². The van der Waals surface area contributed by atoms with E-state index in [1.54, 1.807) is 0 Å². The fourth-order valence-corrected chi connectivity index (χ4v) is 5.44. The predicted molar refractivity (Wildman–Crippen MR) is 162 cm³/mol. The molecule has 1 rings (SSSR count). The van der Waals surface area contributed by atoms with E-state index < -0.39 is 0 Å². The van der Waals surface area contributed by atoms with Gasteiger partial charge in [-0.15, -0.1) is 0 Å². The van der Waals surface area contributed by atoms with Crippen LogP contribution in [0.5, 0.6) is 11.5 Å². The second kappa shape index (κ2) is 18.6. The van der Waals surface area contributed by atoms with Gasteiger partial charge in [0.2, 0.25) is 0 Å². The van der Waals surface area contributed by atoms with E-state index in [1.165, 1.54) is 64.0 Å². The Labute approximate surface area is 235 Å². The molecule has 1 aromatic rings. The second-order valence-electron chi connectivity index (χ2n) is 12.2. The molecule has 0 aromatic heterocycles. The van der Waals surface area contributed by atoms with E-state index in [2.05, 4.69) is 62.3 Å². The van der Waals surface area contributed by atoms with Crippen molar-refractivity contribution < 1.29 is 19.0 Å². The molecule has 0 heterocycles. The first-order chi connectivity index (χ1) is 18.0. The van der Waals surface area contributed by atoms with Crippen molar-refractivity contribution in [1.29, 1.82) is 0 Å². The van der Waals surface area contributed by atoms with Gasteiger partial charge in [0, 0.05) is 12.0 Å². The third-order valence-electron chi connectivity index (χ3n) is 8.16. The second-order valence-corrected chi connectivity index (χ2v) is 12.2. The fraction of sp³-hybridized carbons (Fsp3) is 0.794. The molecule has 0 saturated carbocycles. The van der Waals surface area contributed by atoms with Crippen molar-refractivity contribution in [2.45, 2.75) is 145 Å². The summed E-state index contributed by atoms with van der Waals surface area (Å²) in [6, 6.07) is 0. The van der Waals surface area contributed by atoms with Crippen molar-refractivity contribution in [3.05, 3.63) is 22.3 Å². The highest BCUT2D eigenvalue weighted by molar-refractivity contribution is 5.69. The van der Waals surface area contributed by atoms with Crippen LogP contribution in [0.1, 0.15) is 134 Å². The minimum atomic E-state index is -0.193. The average molecular weight is 533 g/mol. The van der Waals surface area contributed by atoms with E-state index in [-0.39, 0.29) is 12.1 Å². The minimum Gasteiger partial charge on any atom is -0.493 e. The Morgan fingerprint density at radius 3 is 1.76 bits per heavy atom. The van der Waals surface area contributed by atoms with Gasteiger partial charge in [0.1, 0.15) is 11.5 Å². The molecule has 1 aromatic carbocycles. The maximum Gasteiger partial charge on any atom is 0.305 e. The van der Waals surface area contributed by atoms with Gasteiger partial charge < -0.3 is 14.2 Å². The van der Waals surface area contributed by atoms with Crippen molar-refractivity contribution in [3.63, 3.8) is 0 Å². The molecule has 0 fully saturated rings. The van der Waals surface area contributed by atoms with Crippen molar-refractivity contribution in [3.8, 4) is 11.5 Å². The van der Waals surface area contributed by atoms with E-state index in [9.17, 15) is 4.79 Å². The van der Waals surface area contributed by atoms with Gasteiger partial charge in [-0.25, -0.2) is 0 Å².